The van der Waals surface area contributed by atoms with Crippen molar-refractivity contribution in [2.24, 2.45) is 0 Å². The number of nitrogens with zero attached hydrogens (tertiary/aromatic N) is 4. The van der Waals surface area contributed by atoms with Gasteiger partial charge >= 0.3 is 0 Å². The molecular weight excluding hydrogens is 597 g/mol. The summed E-state index contributed by atoms with van der Waals surface area (Å²) in [6, 6.07) is 57.5. The third-order valence-corrected chi connectivity index (χ3v) is 10.3. The van der Waals surface area contributed by atoms with E-state index in [4.69, 9.17) is 0 Å². The van der Waals surface area contributed by atoms with Gasteiger partial charge in [-0.25, -0.2) is 0 Å². The molecule has 0 radical (unpaired) electrons. The zero-order chi connectivity index (χ0) is 32.1. The second-order valence-electron chi connectivity index (χ2n) is 12.9. The van der Waals surface area contributed by atoms with Crippen molar-refractivity contribution in [2.75, 3.05) is 0 Å². The van der Waals surface area contributed by atoms with E-state index in [1.165, 1.54) is 81.9 Å². The molecule has 4 nitrogen and oxygen atoms in total. The molecule has 0 amide bonds. The summed E-state index contributed by atoms with van der Waals surface area (Å²) in [5.74, 6) is 0. The van der Waals surface area contributed by atoms with Crippen molar-refractivity contribution in [2.45, 2.75) is 0 Å². The molecule has 4 heterocycles. The van der Waals surface area contributed by atoms with Gasteiger partial charge in [0.25, 0.3) is 0 Å². The molecule has 0 aliphatic rings. The highest BCUT2D eigenvalue weighted by atomic mass is 15.0. The maximum Gasteiger partial charge on any atom is 0.0562 e. The van der Waals surface area contributed by atoms with Crippen LogP contribution >= 0.6 is 0 Å². The van der Waals surface area contributed by atoms with Crippen LogP contribution in [0.4, 0.5) is 0 Å². The molecule has 7 aromatic carbocycles. The maximum absolute atomic E-state index is 4.31. The molecule has 228 valence electrons. The first-order chi connectivity index (χ1) is 24.3. The summed E-state index contributed by atoms with van der Waals surface area (Å²) >= 11 is 0. The molecule has 0 aliphatic carbocycles. The number of hydrogen-bond donors (Lipinski definition) is 0. The molecule has 0 unspecified atom stereocenters. The van der Waals surface area contributed by atoms with E-state index in [1.807, 2.05) is 12.4 Å². The Morgan fingerprint density at radius 3 is 1.61 bits per heavy atom. The van der Waals surface area contributed by atoms with Crippen molar-refractivity contribution < 1.29 is 0 Å². The smallest absolute Gasteiger partial charge is 0.0562 e. The van der Waals surface area contributed by atoms with E-state index in [0.717, 1.165) is 11.4 Å². The van der Waals surface area contributed by atoms with Gasteiger partial charge in [-0.15, -0.1) is 0 Å². The number of fused-ring (bicyclic) bond motifs is 10. The highest BCUT2D eigenvalue weighted by Crippen LogP contribution is 2.42. The summed E-state index contributed by atoms with van der Waals surface area (Å²) in [4.78, 5) is 4.31. The van der Waals surface area contributed by atoms with Crippen LogP contribution < -0.4 is 0 Å². The molecule has 4 heteroatoms. The standard InChI is InChI=1S/C45H28N4/c1-2-11-30-26-32(21-20-29(30)10-1)48-40-17-8-5-14-35(40)45-41(48)18-9-19-42(45)49-39-16-7-4-13-34(39)37-27-43-36(28-44(37)49)33-12-3-6-15-38(33)47(43)31-22-24-46-25-23-31/h1-28H. The van der Waals surface area contributed by atoms with Gasteiger partial charge in [-0.1, -0.05) is 91.0 Å². The van der Waals surface area contributed by atoms with E-state index in [0.29, 0.717) is 0 Å². The predicted octanol–water partition coefficient (Wildman–Crippen LogP) is 11.5. The van der Waals surface area contributed by atoms with E-state index >= 15 is 0 Å². The number of hydrogen-bond acceptors (Lipinski definition) is 1. The molecule has 11 aromatic rings. The lowest BCUT2D eigenvalue weighted by molar-refractivity contribution is 1.16. The number of benzene rings is 7. The summed E-state index contributed by atoms with van der Waals surface area (Å²) < 4.78 is 7.28. The lowest BCUT2D eigenvalue weighted by atomic mass is 10.1. The van der Waals surface area contributed by atoms with Crippen molar-refractivity contribution in [1.82, 2.24) is 18.7 Å². The molecule has 11 rings (SSSR count). The Balaban J connectivity index is 1.27. The Kier molecular flexibility index (Phi) is 5.35. The quantitative estimate of drug-likeness (QED) is 0.192. The molecule has 0 bridgehead atoms. The minimum absolute atomic E-state index is 1.11. The first kappa shape index (κ1) is 26.4. The number of rotatable bonds is 3. The summed E-state index contributed by atoms with van der Waals surface area (Å²) in [6.07, 6.45) is 3.74. The second-order valence-corrected chi connectivity index (χ2v) is 12.9. The van der Waals surface area contributed by atoms with Crippen LogP contribution in [0.2, 0.25) is 0 Å². The highest BCUT2D eigenvalue weighted by Gasteiger charge is 2.21. The van der Waals surface area contributed by atoms with Gasteiger partial charge in [0, 0.05) is 56.1 Å². The van der Waals surface area contributed by atoms with Gasteiger partial charge in [0.2, 0.25) is 0 Å². The Morgan fingerprint density at radius 2 is 0.878 bits per heavy atom. The van der Waals surface area contributed by atoms with Crippen molar-refractivity contribution >= 4 is 76.2 Å². The SMILES string of the molecule is c1ccc2cc(-n3c4ccccc4c4c(-n5c6ccccc6c6cc7c(cc65)c5ccccc5n7-c5ccncc5)cccc43)ccc2c1. The van der Waals surface area contributed by atoms with Crippen LogP contribution in [0.5, 0.6) is 0 Å². The van der Waals surface area contributed by atoms with Gasteiger partial charge in [0.15, 0.2) is 0 Å². The van der Waals surface area contributed by atoms with Crippen LogP contribution in [0.15, 0.2) is 170 Å². The molecule has 0 N–H and O–H groups in total. The molecule has 0 fully saturated rings. The van der Waals surface area contributed by atoms with Crippen LogP contribution in [-0.4, -0.2) is 18.7 Å². The number of pyridine rings is 1. The van der Waals surface area contributed by atoms with Crippen molar-refractivity contribution in [1.29, 1.82) is 0 Å². The Labute approximate surface area is 281 Å². The van der Waals surface area contributed by atoms with Crippen LogP contribution in [0.25, 0.3) is 93.3 Å². The third kappa shape index (κ3) is 3.66. The largest absolute Gasteiger partial charge is 0.309 e. The maximum atomic E-state index is 4.31. The minimum Gasteiger partial charge on any atom is -0.309 e. The van der Waals surface area contributed by atoms with E-state index in [-0.39, 0.29) is 0 Å². The first-order valence-corrected chi connectivity index (χ1v) is 16.7. The van der Waals surface area contributed by atoms with E-state index in [9.17, 15) is 0 Å². The van der Waals surface area contributed by atoms with Gasteiger partial charge in [0.1, 0.15) is 0 Å². The Bertz CT molecular complexity index is 3100. The summed E-state index contributed by atoms with van der Waals surface area (Å²) in [5.41, 5.74) is 10.6. The summed E-state index contributed by atoms with van der Waals surface area (Å²) in [6.45, 7) is 0. The van der Waals surface area contributed by atoms with Gasteiger partial charge in [-0.3, -0.25) is 4.98 Å². The van der Waals surface area contributed by atoms with Gasteiger partial charge in [-0.05, 0) is 77.5 Å². The average Bonchev–Trinajstić information content (AvgIpc) is 3.79. The predicted molar refractivity (Wildman–Crippen MR) is 205 cm³/mol. The first-order valence-electron chi connectivity index (χ1n) is 16.7. The zero-order valence-electron chi connectivity index (χ0n) is 26.5. The monoisotopic (exact) mass is 624 g/mol. The topological polar surface area (TPSA) is 27.7 Å². The lowest BCUT2D eigenvalue weighted by Gasteiger charge is -2.12. The fourth-order valence-corrected chi connectivity index (χ4v) is 8.24. The molecule has 0 spiro atoms. The third-order valence-electron chi connectivity index (χ3n) is 10.3. The molecular formula is C45H28N4. The number of para-hydroxylation sites is 3. The molecule has 0 atom stereocenters. The highest BCUT2D eigenvalue weighted by molar-refractivity contribution is 6.21. The molecule has 4 aromatic heterocycles. The second kappa shape index (κ2) is 9.93. The van der Waals surface area contributed by atoms with Gasteiger partial charge < -0.3 is 13.7 Å². The summed E-state index contributed by atoms with van der Waals surface area (Å²) in [7, 11) is 0. The van der Waals surface area contributed by atoms with Crippen LogP contribution in [0.3, 0.4) is 0 Å². The normalized spacial score (nSPS) is 12.1. The fraction of sp³-hybridized carbons (Fsp3) is 0. The molecule has 0 saturated carbocycles. The van der Waals surface area contributed by atoms with Crippen molar-refractivity contribution in [3.63, 3.8) is 0 Å². The van der Waals surface area contributed by atoms with Gasteiger partial charge in [-0.2, -0.15) is 0 Å². The zero-order valence-corrected chi connectivity index (χ0v) is 26.5. The number of aromatic nitrogens is 4. The van der Waals surface area contributed by atoms with E-state index in [1.54, 1.807) is 0 Å². The van der Waals surface area contributed by atoms with Crippen molar-refractivity contribution in [3.8, 4) is 17.1 Å². The van der Waals surface area contributed by atoms with Crippen molar-refractivity contribution in [3.05, 3.63) is 170 Å². The Hall–Kier alpha value is -6.65. The summed E-state index contributed by atoms with van der Waals surface area (Å²) in [5, 5.41) is 9.90. The fourth-order valence-electron chi connectivity index (χ4n) is 8.24. The Morgan fingerprint density at radius 1 is 0.327 bits per heavy atom. The van der Waals surface area contributed by atoms with E-state index < -0.39 is 0 Å². The lowest BCUT2D eigenvalue weighted by Crippen LogP contribution is -1.97. The van der Waals surface area contributed by atoms with Crippen LogP contribution in [0.1, 0.15) is 0 Å². The van der Waals surface area contributed by atoms with E-state index in [2.05, 4.69) is 176 Å². The van der Waals surface area contributed by atoms with Crippen LogP contribution in [0, 0.1) is 0 Å². The average molecular weight is 625 g/mol. The minimum atomic E-state index is 1.11. The van der Waals surface area contributed by atoms with Gasteiger partial charge in [0.05, 0.1) is 38.8 Å². The molecule has 0 saturated heterocycles. The van der Waals surface area contributed by atoms with Crippen LogP contribution in [-0.2, 0) is 0 Å². The molecule has 49 heavy (non-hydrogen) atoms. The molecule has 0 aliphatic heterocycles.